The van der Waals surface area contributed by atoms with Crippen molar-refractivity contribution in [2.45, 2.75) is 0 Å². The Morgan fingerprint density at radius 1 is 0.0235 bits per heavy atom. The molecule has 85 heteroatoms. The SMILES string of the molecule is [Cl-].[Cl-].[Cl-].[Cl-].[Cl-].[Cl-].[Cl-].[Cl-].[Cl-].[Cl-].[Cl-].[Cl-].[Cl-].[Cl-].[Cl-].[Cl-].[Cl-].[Cl-].[Cl-].[Cl-].[Cl-].[Cl-].[Cl-].[Cl-].[Cl-].[Cl-].[Cl-].[Cl-].[Cl-].[Cl-].[Cl-].[Cl-].[Cl-].[Cl-].[Cl-].[Cl-].[Cl-].[Cl-].[Cl-].[Cl-].[Cl-].[Cl-].[Cl-].[Cl-].[Cl-].[Cl-].[Cl-].[Cl-].[Cl-].[Cl-].[Ni+2].[Ni+2].[Ni+2].[Ni+2].[Ni+2].[Ni+2].[Ni+2].[Ni+2].[Ni+2].[Ni+2].[Ni+2].[Ni+2].[Ni+2].[Ni+2].[Ni+2].[Ni+2].[Ni+2].[Ni+2].[Ni+2].[Ni+2].[Ni+2].[Ni+2].[Ni+2].[Ni+2].[Ni+2].[Ni+2].[Ni+2].[Ni+2].[Ni+2].[Ni+2].[Ni+2].[Ni+2].[Ni+2].[Ni+2].[Ni+2]. The minimum absolute atomic E-state index is 0. The van der Waals surface area contributed by atoms with Gasteiger partial charge in [0.15, 0.2) is 0 Å². The van der Waals surface area contributed by atoms with Crippen molar-refractivity contribution in [3.05, 3.63) is 0 Å². The first-order chi connectivity index (χ1) is 0. The second-order valence-corrected chi connectivity index (χ2v) is 0. The van der Waals surface area contributed by atoms with Gasteiger partial charge in [0.2, 0.25) is 0 Å². The van der Waals surface area contributed by atoms with Crippen LogP contribution in [0.4, 0.5) is 0 Å². The number of rotatable bonds is 0. The van der Waals surface area contributed by atoms with E-state index in [1.807, 2.05) is 0 Å². The molecule has 0 radical (unpaired) electrons. The molecular formula is Cl50Ni35+20. The van der Waals surface area contributed by atoms with Crippen LogP contribution in [0.1, 0.15) is 0 Å². The molecule has 0 aliphatic heterocycles. The maximum absolute atomic E-state index is 0. The van der Waals surface area contributed by atoms with Crippen molar-refractivity contribution in [1.82, 2.24) is 0 Å². The van der Waals surface area contributed by atoms with Gasteiger partial charge in [-0.1, -0.05) is 0 Å². The fourth-order valence-corrected chi connectivity index (χ4v) is 0. The van der Waals surface area contributed by atoms with Crippen LogP contribution in [0.15, 0.2) is 0 Å². The van der Waals surface area contributed by atoms with Gasteiger partial charge in [0.05, 0.1) is 0 Å². The molecule has 0 amide bonds. The summed E-state index contributed by atoms with van der Waals surface area (Å²) in [5.74, 6) is 0. The molecule has 680 valence electrons. The van der Waals surface area contributed by atoms with Crippen molar-refractivity contribution < 1.29 is 1200 Å². The van der Waals surface area contributed by atoms with Gasteiger partial charge in [-0.25, -0.2) is 0 Å². The third-order valence-corrected chi connectivity index (χ3v) is 0. The minimum Gasteiger partial charge on any atom is -1.00 e. The fourth-order valence-electron chi connectivity index (χ4n) is 0. The van der Waals surface area contributed by atoms with Crippen LogP contribution in [-0.4, -0.2) is 0 Å². The van der Waals surface area contributed by atoms with Crippen LogP contribution in [0.25, 0.3) is 0 Å². The zero-order valence-electron chi connectivity index (χ0n) is 30.0. The Kier molecular flexibility index (Phi) is 27600. The Morgan fingerprint density at radius 3 is 0.0235 bits per heavy atom. The summed E-state index contributed by atoms with van der Waals surface area (Å²) in [7, 11) is 0. The van der Waals surface area contributed by atoms with Gasteiger partial charge in [-0.2, -0.15) is 0 Å². The quantitative estimate of drug-likeness (QED) is 0.212. The van der Waals surface area contributed by atoms with E-state index in [0.29, 0.717) is 0 Å². The second kappa shape index (κ2) is 1510. The minimum atomic E-state index is 0. The van der Waals surface area contributed by atoms with E-state index in [9.17, 15) is 0 Å². The van der Waals surface area contributed by atoms with Crippen LogP contribution in [0.2, 0.25) is 0 Å². The fraction of sp³-hybridized carbons (Fsp3) is 0. The summed E-state index contributed by atoms with van der Waals surface area (Å²) in [6, 6.07) is 0. The van der Waals surface area contributed by atoms with E-state index in [1.54, 1.807) is 0 Å². The molecule has 0 bridgehead atoms. The first-order valence-corrected chi connectivity index (χ1v) is 0. The standard InChI is InChI=1S/50ClH.35Ni/h50*1H;;;;;;;;;;;;;;;;;;;;;;;;;;;;;;;;;;;/q;;;;;;;;;;;;;;;;;;;;;;;;;;;;;;;;;;;;;;;;;;;;;;;;;;35*+2/p-50. The summed E-state index contributed by atoms with van der Waals surface area (Å²) >= 11 is 0. The van der Waals surface area contributed by atoms with E-state index in [4.69, 9.17) is 0 Å². The van der Waals surface area contributed by atoms with Crippen molar-refractivity contribution in [2.24, 2.45) is 0 Å². The van der Waals surface area contributed by atoms with E-state index in [0.717, 1.165) is 0 Å². The Morgan fingerprint density at radius 2 is 0.0235 bits per heavy atom. The predicted octanol–water partition coefficient (Wildman–Crippen LogP) is -150. The Labute approximate surface area is 1170 Å². The maximum Gasteiger partial charge on any atom is 2.00 e. The Bertz CT molecular complexity index is 83.1. The first kappa shape index (κ1) is 1550. The molecular weight excluding hydrogens is 3830 g/mol. The molecule has 0 heterocycles. The average molecular weight is 3830 g/mol. The summed E-state index contributed by atoms with van der Waals surface area (Å²) in [6.45, 7) is 0. The van der Waals surface area contributed by atoms with Crippen molar-refractivity contribution in [1.29, 1.82) is 0 Å². The molecule has 0 fully saturated rings. The third-order valence-electron chi connectivity index (χ3n) is 0. The van der Waals surface area contributed by atoms with E-state index in [-0.39, 0.29) is 1200 Å². The largest absolute Gasteiger partial charge is 2.00 e. The van der Waals surface area contributed by atoms with E-state index < -0.39 is 0 Å². The van der Waals surface area contributed by atoms with Crippen LogP contribution in [0.3, 0.4) is 0 Å². The van der Waals surface area contributed by atoms with E-state index >= 15 is 0 Å². The summed E-state index contributed by atoms with van der Waals surface area (Å²) in [4.78, 5) is 0. The van der Waals surface area contributed by atoms with Gasteiger partial charge in [-0.15, -0.1) is 0 Å². The third kappa shape index (κ3) is 1480. The normalized spacial score (nSPS) is 0. The second-order valence-electron chi connectivity index (χ2n) is 0. The first-order valence-electron chi connectivity index (χ1n) is 0. The van der Waals surface area contributed by atoms with Crippen LogP contribution >= 0.6 is 0 Å². The van der Waals surface area contributed by atoms with Crippen molar-refractivity contribution in [2.75, 3.05) is 0 Å². The Balaban J connectivity index is 0. The number of hydrogen-bond acceptors (Lipinski definition) is 0. The van der Waals surface area contributed by atoms with Gasteiger partial charge >= 0.3 is 577 Å². The van der Waals surface area contributed by atoms with Crippen LogP contribution < -0.4 is 620 Å². The molecule has 0 aliphatic carbocycles. The molecule has 85 heavy (non-hydrogen) atoms. The van der Waals surface area contributed by atoms with Gasteiger partial charge in [0.1, 0.15) is 0 Å². The van der Waals surface area contributed by atoms with E-state index in [2.05, 4.69) is 0 Å². The molecule has 0 rings (SSSR count). The van der Waals surface area contributed by atoms with Gasteiger partial charge in [-0.3, -0.25) is 0 Å². The molecule has 0 atom stereocenters. The van der Waals surface area contributed by atoms with Gasteiger partial charge in [0.25, 0.3) is 0 Å². The van der Waals surface area contributed by atoms with Crippen LogP contribution in [0.5, 0.6) is 0 Å². The molecule has 0 saturated heterocycles. The monoisotopic (exact) mass is 3780 g/mol. The van der Waals surface area contributed by atoms with Crippen LogP contribution in [0, 0.1) is 0 Å². The molecule has 0 nitrogen and oxygen atoms in total. The average Bonchev–Trinajstić information content (AvgIpc) is 0. The summed E-state index contributed by atoms with van der Waals surface area (Å²) in [5.41, 5.74) is 0. The summed E-state index contributed by atoms with van der Waals surface area (Å²) in [6.07, 6.45) is 0. The van der Waals surface area contributed by atoms with Crippen molar-refractivity contribution >= 4 is 0 Å². The molecule has 0 aromatic rings. The smallest absolute Gasteiger partial charge is 1.00 e. The molecule has 0 spiro atoms. The molecule has 0 N–H and O–H groups in total. The molecule has 0 aromatic carbocycles. The topological polar surface area (TPSA) is 0 Å². The molecule has 0 saturated carbocycles. The van der Waals surface area contributed by atoms with Gasteiger partial charge in [-0.05, 0) is 0 Å². The number of halogens is 50. The maximum atomic E-state index is 0. The zero-order valence-corrected chi connectivity index (χ0v) is 102. The molecule has 0 aliphatic rings. The van der Waals surface area contributed by atoms with Crippen LogP contribution in [-0.2, 0) is 577 Å². The van der Waals surface area contributed by atoms with Gasteiger partial charge < -0.3 is 620 Å². The van der Waals surface area contributed by atoms with Crippen molar-refractivity contribution in [3.63, 3.8) is 0 Å². The van der Waals surface area contributed by atoms with Gasteiger partial charge in [0, 0.05) is 0 Å². The number of hydrogen-bond donors (Lipinski definition) is 0. The molecule has 0 aromatic heterocycles. The van der Waals surface area contributed by atoms with E-state index in [1.165, 1.54) is 0 Å². The summed E-state index contributed by atoms with van der Waals surface area (Å²) in [5, 5.41) is 0. The predicted molar refractivity (Wildman–Crippen MR) is 0 cm³/mol. The Hall–Kier alpha value is 31.8. The van der Waals surface area contributed by atoms with Crippen molar-refractivity contribution in [3.8, 4) is 0 Å². The summed E-state index contributed by atoms with van der Waals surface area (Å²) < 4.78 is 0. The zero-order chi connectivity index (χ0) is 0. The molecule has 0 unspecified atom stereocenters.